The number of allylic oxidation sites excluding steroid dienone is 10. The van der Waals surface area contributed by atoms with Crippen molar-refractivity contribution in [2.24, 2.45) is 0 Å². The number of esters is 4. The molecule has 19 heteroatoms. The molecule has 0 aliphatic carbocycles. The molecular formula is C83H152O17P2. The molecule has 0 aliphatic heterocycles. The molecule has 0 rings (SSSR count). The van der Waals surface area contributed by atoms with Crippen LogP contribution in [0.5, 0.6) is 0 Å². The van der Waals surface area contributed by atoms with Gasteiger partial charge >= 0.3 is 39.5 Å². The van der Waals surface area contributed by atoms with E-state index in [2.05, 4.69) is 76.3 Å². The van der Waals surface area contributed by atoms with E-state index in [-0.39, 0.29) is 25.7 Å². The van der Waals surface area contributed by atoms with E-state index >= 15 is 0 Å². The van der Waals surface area contributed by atoms with E-state index in [9.17, 15) is 43.2 Å². The number of unbranched alkanes of at least 4 members (excludes halogenated alkanes) is 43. The summed E-state index contributed by atoms with van der Waals surface area (Å²) in [6, 6.07) is 0. The fourth-order valence-corrected chi connectivity index (χ4v) is 13.2. The van der Waals surface area contributed by atoms with Crippen LogP contribution in [0.25, 0.3) is 0 Å². The van der Waals surface area contributed by atoms with Crippen molar-refractivity contribution >= 4 is 39.5 Å². The highest BCUT2D eigenvalue weighted by Crippen LogP contribution is 2.45. The van der Waals surface area contributed by atoms with Gasteiger partial charge in [0.05, 0.1) is 26.4 Å². The van der Waals surface area contributed by atoms with Crippen LogP contribution in [0, 0.1) is 0 Å². The van der Waals surface area contributed by atoms with Gasteiger partial charge in [0.25, 0.3) is 0 Å². The number of aliphatic hydroxyl groups is 1. The average molecular weight is 1480 g/mol. The number of carbonyl (C=O) groups is 4. The Hall–Kier alpha value is -3.24. The predicted molar refractivity (Wildman–Crippen MR) is 418 cm³/mol. The molecule has 0 aromatic rings. The highest BCUT2D eigenvalue weighted by atomic mass is 31.2. The average Bonchev–Trinajstić information content (AvgIpc) is 0.943. The second-order valence-corrected chi connectivity index (χ2v) is 31.0. The number of phosphoric acid groups is 2. The molecule has 596 valence electrons. The van der Waals surface area contributed by atoms with Crippen molar-refractivity contribution in [2.75, 3.05) is 39.6 Å². The highest BCUT2D eigenvalue weighted by molar-refractivity contribution is 7.47. The molecule has 0 aromatic heterocycles. The van der Waals surface area contributed by atoms with E-state index in [1.165, 1.54) is 193 Å². The molecule has 2 unspecified atom stereocenters. The Balaban J connectivity index is 5.37. The molecule has 5 atom stereocenters. The SMILES string of the molecule is CCCCC/C=C\C/C=C\C/C=C\C/C=C\CCCC(=O)OC[C@H](COP(=O)(O)OC[C@H](O)COP(=O)(O)OC[C@@H](COC(=O)CCCCCCCCCCCCCCC)OC(=O)CCCCCCC/C=C\CCCCCCCC)OC(=O)CCCCCCCCCCCCCCCCCCC. The van der Waals surface area contributed by atoms with Gasteiger partial charge in [-0.25, -0.2) is 9.13 Å². The summed E-state index contributed by atoms with van der Waals surface area (Å²) in [6.07, 6.45) is 76.2. The lowest BCUT2D eigenvalue weighted by atomic mass is 10.0. The lowest BCUT2D eigenvalue weighted by Crippen LogP contribution is -2.30. The second kappa shape index (κ2) is 76.0. The Labute approximate surface area is 622 Å². The van der Waals surface area contributed by atoms with Gasteiger partial charge in [-0.2, -0.15) is 0 Å². The molecule has 0 fully saturated rings. The number of phosphoric ester groups is 2. The number of hydrogen-bond acceptors (Lipinski definition) is 15. The fourth-order valence-electron chi connectivity index (χ4n) is 11.6. The molecule has 102 heavy (non-hydrogen) atoms. The summed E-state index contributed by atoms with van der Waals surface area (Å²) in [7, 11) is -9.96. The van der Waals surface area contributed by atoms with Gasteiger partial charge in [-0.15, -0.1) is 0 Å². The molecule has 0 amide bonds. The highest BCUT2D eigenvalue weighted by Gasteiger charge is 2.30. The van der Waals surface area contributed by atoms with Crippen LogP contribution in [0.2, 0.25) is 0 Å². The molecule has 0 radical (unpaired) electrons. The summed E-state index contributed by atoms with van der Waals surface area (Å²) in [4.78, 5) is 73.0. The minimum atomic E-state index is -4.98. The normalized spacial score (nSPS) is 14.1. The van der Waals surface area contributed by atoms with Gasteiger partial charge in [0.2, 0.25) is 0 Å². The van der Waals surface area contributed by atoms with Gasteiger partial charge in [-0.1, -0.05) is 332 Å². The van der Waals surface area contributed by atoms with Crippen LogP contribution in [0.1, 0.15) is 387 Å². The number of aliphatic hydroxyl groups excluding tert-OH is 1. The Morgan fingerprint density at radius 1 is 0.275 bits per heavy atom. The minimum absolute atomic E-state index is 0.0899. The van der Waals surface area contributed by atoms with E-state index in [1.54, 1.807) is 0 Å². The Kier molecular flexibility index (Phi) is 73.6. The molecule has 0 bridgehead atoms. The molecule has 0 heterocycles. The fraction of sp³-hybridized carbons (Fsp3) is 0.831. The third-order valence-electron chi connectivity index (χ3n) is 18.0. The molecule has 0 aromatic carbocycles. The zero-order valence-corrected chi connectivity index (χ0v) is 67.1. The number of carbonyl (C=O) groups excluding carboxylic acids is 4. The first-order valence-corrected chi connectivity index (χ1v) is 44.5. The van der Waals surface area contributed by atoms with Crippen LogP contribution >= 0.6 is 15.6 Å². The maximum absolute atomic E-state index is 13.1. The van der Waals surface area contributed by atoms with Gasteiger partial charge < -0.3 is 33.8 Å². The van der Waals surface area contributed by atoms with Crippen LogP contribution < -0.4 is 0 Å². The standard InChI is InChI=1S/C83H152O17P2/c1-5-9-13-17-21-25-29-33-36-38-41-44-48-52-56-60-64-68-81(86)94-74-79(100-83(88)70-66-62-58-54-50-46-42-39-37-34-30-26-22-18-14-10-6-2)76-98-102(91,92)96-72-77(84)71-95-101(89,90)97-75-78(73-93-80(85)67-63-59-55-51-47-43-32-28-24-20-16-12-8-4)99-82(87)69-65-61-57-53-49-45-40-35-31-27-23-19-15-11-7-3/h21,25,33,35-36,40-41,44,52,56,77-79,84H,5-20,22-24,26-32,34,37-39,42-43,45-51,53-55,57-76H2,1-4H3,(H,89,90)(H,91,92)/b25-21-,36-33-,40-35-,44-41-,56-52-/t77-,78-,79-/m1/s1. The van der Waals surface area contributed by atoms with Crippen molar-refractivity contribution in [3.05, 3.63) is 60.8 Å². The van der Waals surface area contributed by atoms with Crippen molar-refractivity contribution in [1.82, 2.24) is 0 Å². The number of rotatable bonds is 79. The Morgan fingerprint density at radius 2 is 0.490 bits per heavy atom. The Bertz CT molecular complexity index is 2170. The minimum Gasteiger partial charge on any atom is -0.462 e. The van der Waals surface area contributed by atoms with E-state index in [1.807, 2.05) is 12.2 Å². The van der Waals surface area contributed by atoms with E-state index in [4.69, 9.17) is 37.0 Å². The van der Waals surface area contributed by atoms with Crippen molar-refractivity contribution in [2.45, 2.75) is 406 Å². The second-order valence-electron chi connectivity index (χ2n) is 28.1. The summed E-state index contributed by atoms with van der Waals surface area (Å²) in [5.41, 5.74) is 0. The largest absolute Gasteiger partial charge is 0.472 e. The number of ether oxygens (including phenoxy) is 4. The summed E-state index contributed by atoms with van der Waals surface area (Å²) in [5, 5.41) is 10.6. The lowest BCUT2D eigenvalue weighted by molar-refractivity contribution is -0.161. The molecule has 0 aliphatic rings. The molecule has 0 saturated carbocycles. The smallest absolute Gasteiger partial charge is 0.462 e. The monoisotopic (exact) mass is 1480 g/mol. The summed E-state index contributed by atoms with van der Waals surface area (Å²) < 4.78 is 68.6. The van der Waals surface area contributed by atoms with Crippen molar-refractivity contribution < 1.29 is 80.2 Å². The molecular weight excluding hydrogens is 1330 g/mol. The van der Waals surface area contributed by atoms with Crippen molar-refractivity contribution in [3.63, 3.8) is 0 Å². The van der Waals surface area contributed by atoms with Crippen LogP contribution in [-0.2, 0) is 65.4 Å². The van der Waals surface area contributed by atoms with Crippen LogP contribution in [0.3, 0.4) is 0 Å². The maximum atomic E-state index is 13.1. The molecule has 0 saturated heterocycles. The van der Waals surface area contributed by atoms with Gasteiger partial charge in [0.15, 0.2) is 12.2 Å². The zero-order valence-electron chi connectivity index (χ0n) is 65.3. The van der Waals surface area contributed by atoms with Crippen LogP contribution in [0.4, 0.5) is 0 Å². The third-order valence-corrected chi connectivity index (χ3v) is 19.9. The lowest BCUT2D eigenvalue weighted by Gasteiger charge is -2.21. The maximum Gasteiger partial charge on any atom is 0.472 e. The van der Waals surface area contributed by atoms with Gasteiger partial charge in [0, 0.05) is 25.7 Å². The van der Waals surface area contributed by atoms with Crippen molar-refractivity contribution in [3.8, 4) is 0 Å². The predicted octanol–water partition coefficient (Wildman–Crippen LogP) is 24.2. The first kappa shape index (κ1) is 98.8. The topological polar surface area (TPSA) is 237 Å². The van der Waals surface area contributed by atoms with E-state index in [0.29, 0.717) is 32.1 Å². The first-order chi connectivity index (χ1) is 49.7. The van der Waals surface area contributed by atoms with E-state index < -0.39 is 97.5 Å². The molecule has 0 spiro atoms. The Morgan fingerprint density at radius 3 is 0.804 bits per heavy atom. The first-order valence-electron chi connectivity index (χ1n) is 41.5. The van der Waals surface area contributed by atoms with Gasteiger partial charge in [0.1, 0.15) is 19.3 Å². The molecule has 17 nitrogen and oxygen atoms in total. The summed E-state index contributed by atoms with van der Waals surface area (Å²) in [6.45, 7) is 4.87. The quantitative estimate of drug-likeness (QED) is 0.0169. The van der Waals surface area contributed by atoms with Crippen LogP contribution in [-0.4, -0.2) is 96.7 Å². The number of hydrogen-bond donors (Lipinski definition) is 3. The van der Waals surface area contributed by atoms with Gasteiger partial charge in [-0.3, -0.25) is 37.3 Å². The summed E-state index contributed by atoms with van der Waals surface area (Å²) in [5.74, 6) is -2.21. The van der Waals surface area contributed by atoms with Crippen LogP contribution in [0.15, 0.2) is 60.8 Å². The van der Waals surface area contributed by atoms with Crippen molar-refractivity contribution in [1.29, 1.82) is 0 Å². The third kappa shape index (κ3) is 75.0. The molecule has 3 N–H and O–H groups in total. The summed E-state index contributed by atoms with van der Waals surface area (Å²) >= 11 is 0. The zero-order chi connectivity index (χ0) is 74.6. The van der Waals surface area contributed by atoms with Gasteiger partial charge in [-0.05, 0) is 89.9 Å². The van der Waals surface area contributed by atoms with E-state index in [0.717, 1.165) is 109 Å².